The Bertz CT molecular complexity index is 1460. The van der Waals surface area contributed by atoms with Crippen LogP contribution < -0.4 is 9.62 Å². The van der Waals surface area contributed by atoms with Crippen LogP contribution >= 0.6 is 0 Å². The molecule has 0 spiro atoms. The van der Waals surface area contributed by atoms with Crippen LogP contribution in [0.4, 0.5) is 10.3 Å². The maximum atomic E-state index is 13.7. The Kier molecular flexibility index (Phi) is 10.7. The lowest BCUT2D eigenvalue weighted by Crippen LogP contribution is -2.31. The van der Waals surface area contributed by atoms with E-state index in [0.29, 0.717) is 22.5 Å². The largest absolute Gasteiger partial charge is 0.392 e. The van der Waals surface area contributed by atoms with Crippen LogP contribution in [0, 0.1) is 5.82 Å². The van der Waals surface area contributed by atoms with Gasteiger partial charge in [0.25, 0.3) is 0 Å². The second-order valence-electron chi connectivity index (χ2n) is 10.3. The molecule has 0 saturated heterocycles. The molecule has 11 heteroatoms. The van der Waals surface area contributed by atoms with Gasteiger partial charge in [-0.25, -0.2) is 27.1 Å². The molecule has 0 radical (unpaired) electrons. The lowest BCUT2D eigenvalue weighted by Gasteiger charge is -2.20. The number of amides is 1. The summed E-state index contributed by atoms with van der Waals surface area (Å²) in [5.41, 5.74) is 2.85. The molecule has 3 N–H and O–H groups in total. The number of hydrogen-bond donors (Lipinski definition) is 3. The molecule has 0 fully saturated rings. The van der Waals surface area contributed by atoms with Crippen LogP contribution in [-0.4, -0.2) is 60.0 Å². The molecule has 2 aromatic carbocycles. The highest BCUT2D eigenvalue weighted by Crippen LogP contribution is 2.31. The molecule has 1 aromatic heterocycles. The Morgan fingerprint density at radius 1 is 1.05 bits per heavy atom. The highest BCUT2D eigenvalue weighted by atomic mass is 32.2. The van der Waals surface area contributed by atoms with Gasteiger partial charge in [-0.1, -0.05) is 56.3 Å². The molecular formula is C30H37FN4O5S. The van der Waals surface area contributed by atoms with Crippen molar-refractivity contribution >= 4 is 28.0 Å². The molecule has 220 valence electrons. The SMILES string of the molecule is CC(C)c1nc(N(C)S(C)(=O)=O)nc(-c2ccc(F)cc2)c1/C=C/[C@@H](O)C[C@@H](O)CC(=O)N[C@@H](C)c1ccccc1. The normalized spacial score (nSPS) is 14.2. The Labute approximate surface area is 240 Å². The summed E-state index contributed by atoms with van der Waals surface area (Å²) < 4.78 is 39.1. The highest BCUT2D eigenvalue weighted by molar-refractivity contribution is 7.92. The maximum Gasteiger partial charge on any atom is 0.239 e. The van der Waals surface area contributed by atoms with Gasteiger partial charge in [0.15, 0.2) is 0 Å². The lowest BCUT2D eigenvalue weighted by atomic mass is 9.97. The Morgan fingerprint density at radius 2 is 1.68 bits per heavy atom. The van der Waals surface area contributed by atoms with E-state index in [9.17, 15) is 27.8 Å². The van der Waals surface area contributed by atoms with Gasteiger partial charge in [0.2, 0.25) is 21.9 Å². The number of hydrogen-bond acceptors (Lipinski definition) is 7. The summed E-state index contributed by atoms with van der Waals surface area (Å²) in [6.45, 7) is 5.62. The summed E-state index contributed by atoms with van der Waals surface area (Å²) in [5, 5.41) is 24.0. The number of nitrogens with zero attached hydrogens (tertiary/aromatic N) is 3. The first kappa shape index (κ1) is 31.9. The van der Waals surface area contributed by atoms with Gasteiger partial charge >= 0.3 is 0 Å². The molecule has 41 heavy (non-hydrogen) atoms. The van der Waals surface area contributed by atoms with Crippen molar-refractivity contribution in [1.82, 2.24) is 15.3 Å². The van der Waals surface area contributed by atoms with Gasteiger partial charge in [-0.15, -0.1) is 0 Å². The first-order valence-corrected chi connectivity index (χ1v) is 15.1. The predicted molar refractivity (Wildman–Crippen MR) is 158 cm³/mol. The summed E-state index contributed by atoms with van der Waals surface area (Å²) in [7, 11) is -2.31. The van der Waals surface area contributed by atoms with Gasteiger partial charge in [-0.3, -0.25) is 4.79 Å². The van der Waals surface area contributed by atoms with E-state index in [1.54, 1.807) is 6.08 Å². The Hall–Kier alpha value is -3.67. The Balaban J connectivity index is 1.83. The standard InChI is InChI=1S/C30H37FN4O5S/c1-19(2)28-26(29(22-11-13-23(31)14-12-22)34-30(33-28)35(4)41(5,39)40)16-15-24(36)17-25(37)18-27(38)32-20(3)21-9-7-6-8-10-21/h6-16,19-20,24-25,36-37H,17-18H2,1-5H3,(H,32,38)/b16-15+/t20-,24+,25+/m0/s1. The maximum absolute atomic E-state index is 13.7. The van der Waals surface area contributed by atoms with E-state index in [0.717, 1.165) is 16.1 Å². The number of aromatic nitrogens is 2. The average Bonchev–Trinajstić information content (AvgIpc) is 2.91. The fourth-order valence-corrected chi connectivity index (χ4v) is 4.56. The topological polar surface area (TPSA) is 133 Å². The molecule has 3 aromatic rings. The lowest BCUT2D eigenvalue weighted by molar-refractivity contribution is -0.123. The zero-order valence-corrected chi connectivity index (χ0v) is 24.6. The fraction of sp³-hybridized carbons (Fsp3) is 0.367. The third-order valence-corrected chi connectivity index (χ3v) is 7.66. The molecule has 0 aliphatic heterocycles. The third-order valence-electron chi connectivity index (χ3n) is 6.50. The van der Waals surface area contributed by atoms with Crippen LogP contribution in [0.25, 0.3) is 17.3 Å². The number of nitrogens with one attached hydrogen (secondary N) is 1. The van der Waals surface area contributed by atoms with Crippen molar-refractivity contribution in [2.75, 3.05) is 17.6 Å². The molecule has 0 unspecified atom stereocenters. The number of carbonyl (C=O) groups excluding carboxylic acids is 1. The number of aliphatic hydroxyl groups excluding tert-OH is 2. The van der Waals surface area contributed by atoms with Crippen LogP contribution in [0.1, 0.15) is 62.4 Å². The van der Waals surface area contributed by atoms with Gasteiger partial charge in [0.1, 0.15) is 5.82 Å². The van der Waals surface area contributed by atoms with E-state index in [1.165, 1.54) is 37.4 Å². The van der Waals surface area contributed by atoms with Crippen molar-refractivity contribution in [3.8, 4) is 11.3 Å². The summed E-state index contributed by atoms with van der Waals surface area (Å²) in [6, 6.07) is 14.8. The first-order chi connectivity index (χ1) is 19.3. The van der Waals surface area contributed by atoms with Crippen molar-refractivity contribution in [1.29, 1.82) is 0 Å². The number of rotatable bonds is 12. The van der Waals surface area contributed by atoms with E-state index >= 15 is 0 Å². The monoisotopic (exact) mass is 584 g/mol. The molecule has 9 nitrogen and oxygen atoms in total. The molecule has 0 aliphatic rings. The second-order valence-corrected chi connectivity index (χ2v) is 12.3. The number of sulfonamides is 1. The van der Waals surface area contributed by atoms with Crippen molar-refractivity contribution in [3.05, 3.63) is 83.3 Å². The molecule has 0 aliphatic carbocycles. The van der Waals surface area contributed by atoms with Crippen LogP contribution in [0.3, 0.4) is 0 Å². The van der Waals surface area contributed by atoms with Crippen LogP contribution in [-0.2, 0) is 14.8 Å². The zero-order valence-electron chi connectivity index (χ0n) is 23.8. The average molecular weight is 585 g/mol. The fourth-order valence-electron chi connectivity index (χ4n) is 4.18. The number of halogens is 1. The van der Waals surface area contributed by atoms with Crippen LogP contribution in [0.2, 0.25) is 0 Å². The van der Waals surface area contributed by atoms with E-state index in [4.69, 9.17) is 0 Å². The summed E-state index contributed by atoms with van der Waals surface area (Å²) in [6.07, 6.45) is 1.63. The molecule has 0 bridgehead atoms. The van der Waals surface area contributed by atoms with Gasteiger partial charge in [-0.05, 0) is 42.7 Å². The minimum Gasteiger partial charge on any atom is -0.392 e. The van der Waals surface area contributed by atoms with Gasteiger partial charge < -0.3 is 15.5 Å². The van der Waals surface area contributed by atoms with Gasteiger partial charge in [-0.2, -0.15) is 0 Å². The smallest absolute Gasteiger partial charge is 0.239 e. The third kappa shape index (κ3) is 8.91. The second kappa shape index (κ2) is 13.8. The summed E-state index contributed by atoms with van der Waals surface area (Å²) in [4.78, 5) is 21.4. The number of carbonyl (C=O) groups is 1. The van der Waals surface area contributed by atoms with Crippen molar-refractivity contribution in [2.24, 2.45) is 0 Å². The van der Waals surface area contributed by atoms with Crippen molar-refractivity contribution < 1.29 is 27.8 Å². The minimum atomic E-state index is -3.66. The minimum absolute atomic E-state index is 0.0422. The van der Waals surface area contributed by atoms with E-state index < -0.39 is 28.0 Å². The molecule has 3 rings (SSSR count). The van der Waals surface area contributed by atoms with Crippen LogP contribution in [0.15, 0.2) is 60.7 Å². The molecule has 1 heterocycles. The molecule has 0 saturated carbocycles. The van der Waals surface area contributed by atoms with Crippen molar-refractivity contribution in [2.45, 2.75) is 57.8 Å². The Morgan fingerprint density at radius 3 is 2.27 bits per heavy atom. The zero-order chi connectivity index (χ0) is 30.3. The number of anilines is 1. The number of aliphatic hydroxyl groups is 2. The summed E-state index contributed by atoms with van der Waals surface area (Å²) in [5.74, 6) is -0.991. The van der Waals surface area contributed by atoms with Crippen LogP contribution in [0.5, 0.6) is 0 Å². The van der Waals surface area contributed by atoms with E-state index in [2.05, 4.69) is 15.3 Å². The summed E-state index contributed by atoms with van der Waals surface area (Å²) >= 11 is 0. The molecule has 1 amide bonds. The molecular weight excluding hydrogens is 547 g/mol. The van der Waals surface area contributed by atoms with E-state index in [1.807, 2.05) is 51.1 Å². The van der Waals surface area contributed by atoms with E-state index in [-0.39, 0.29) is 36.7 Å². The van der Waals surface area contributed by atoms with Gasteiger partial charge in [0.05, 0.1) is 42.3 Å². The number of benzene rings is 2. The highest BCUT2D eigenvalue weighted by Gasteiger charge is 2.23. The quantitative estimate of drug-likeness (QED) is 0.291. The predicted octanol–water partition coefficient (Wildman–Crippen LogP) is 4.19. The molecule has 3 atom stereocenters. The van der Waals surface area contributed by atoms with Gasteiger partial charge in [0, 0.05) is 24.6 Å². The first-order valence-electron chi connectivity index (χ1n) is 13.3. The van der Waals surface area contributed by atoms with Crippen molar-refractivity contribution in [3.63, 3.8) is 0 Å².